The van der Waals surface area contributed by atoms with Gasteiger partial charge in [0.25, 0.3) is 0 Å². The summed E-state index contributed by atoms with van der Waals surface area (Å²) >= 11 is 1.86. The van der Waals surface area contributed by atoms with Crippen molar-refractivity contribution in [2.24, 2.45) is 5.41 Å². The first kappa shape index (κ1) is 32.5. The van der Waals surface area contributed by atoms with Crippen LogP contribution >= 0.6 is 11.3 Å². The monoisotopic (exact) mass is 749 g/mol. The Labute approximate surface area is 333 Å². The standard InChI is InChI=1S/C52H35N3OS/c1-52-27-9-8-13-35(52)28-34(30-43(52)39-18-11-21-45-47(39)40-16-4-6-20-44(40)56-45)50-53-49(33-26-25-32-24-23-31-12-2-3-14-36(31)42(32)29-33)54-51(55-50)41-19-10-17-38-37-15-5-7-22-46(37)57-48(38)41/h2-18,20-30,41,43H,19H2,1H3. The number of thiophene rings is 1. The molecular formula is C52H35N3OS. The Bertz CT molecular complexity index is 3320. The van der Waals surface area contributed by atoms with Crippen molar-refractivity contribution in [1.29, 1.82) is 0 Å². The van der Waals surface area contributed by atoms with Gasteiger partial charge in [-0.25, -0.2) is 15.0 Å². The molecule has 4 nitrogen and oxygen atoms in total. The largest absolute Gasteiger partial charge is 0.456 e. The van der Waals surface area contributed by atoms with Crippen LogP contribution in [0.5, 0.6) is 0 Å². The lowest BCUT2D eigenvalue weighted by atomic mass is 9.63. The summed E-state index contributed by atoms with van der Waals surface area (Å²) < 4.78 is 7.70. The molecule has 270 valence electrons. The van der Waals surface area contributed by atoms with Gasteiger partial charge in [-0.3, -0.25) is 0 Å². The third-order valence-electron chi connectivity index (χ3n) is 12.4. The van der Waals surface area contributed by atoms with Crippen molar-refractivity contribution in [3.63, 3.8) is 0 Å². The molecule has 3 aromatic heterocycles. The highest BCUT2D eigenvalue weighted by Crippen LogP contribution is 2.53. The van der Waals surface area contributed by atoms with E-state index in [-0.39, 0.29) is 17.3 Å². The Hall–Kier alpha value is -6.69. The number of rotatable bonds is 4. The number of nitrogens with zero attached hydrogens (tertiary/aromatic N) is 3. The second-order valence-electron chi connectivity index (χ2n) is 15.6. The van der Waals surface area contributed by atoms with Crippen LogP contribution in [0.15, 0.2) is 174 Å². The molecule has 0 amide bonds. The van der Waals surface area contributed by atoms with E-state index in [2.05, 4.69) is 171 Å². The van der Waals surface area contributed by atoms with E-state index in [0.717, 1.165) is 45.3 Å². The van der Waals surface area contributed by atoms with Gasteiger partial charge in [0.1, 0.15) is 17.0 Å². The number of aromatic nitrogens is 3. The maximum absolute atomic E-state index is 6.41. The number of benzene rings is 6. The van der Waals surface area contributed by atoms with Crippen LogP contribution in [0.25, 0.3) is 76.6 Å². The molecule has 3 aliphatic carbocycles. The Balaban J connectivity index is 1.09. The quantitative estimate of drug-likeness (QED) is 0.168. The average Bonchev–Trinajstić information content (AvgIpc) is 3.84. The summed E-state index contributed by atoms with van der Waals surface area (Å²) in [6.07, 6.45) is 19.0. The van der Waals surface area contributed by atoms with Crippen molar-refractivity contribution in [2.75, 3.05) is 0 Å². The van der Waals surface area contributed by atoms with Gasteiger partial charge in [0.2, 0.25) is 0 Å². The van der Waals surface area contributed by atoms with Gasteiger partial charge in [-0.15, -0.1) is 11.3 Å². The molecule has 0 N–H and O–H groups in total. The molecule has 0 bridgehead atoms. The van der Waals surface area contributed by atoms with E-state index in [1.807, 2.05) is 17.4 Å². The molecule has 12 rings (SSSR count). The molecule has 0 aliphatic heterocycles. The molecule has 0 saturated carbocycles. The van der Waals surface area contributed by atoms with Gasteiger partial charge in [-0.1, -0.05) is 147 Å². The highest BCUT2D eigenvalue weighted by molar-refractivity contribution is 7.19. The molecule has 6 aromatic carbocycles. The van der Waals surface area contributed by atoms with Crippen molar-refractivity contribution >= 4 is 76.6 Å². The van der Waals surface area contributed by atoms with Gasteiger partial charge in [0.05, 0.1) is 5.92 Å². The summed E-state index contributed by atoms with van der Waals surface area (Å²) in [5.41, 5.74) is 7.22. The maximum Gasteiger partial charge on any atom is 0.163 e. The minimum atomic E-state index is -0.289. The number of fused-ring (bicyclic) bond motifs is 10. The predicted octanol–water partition coefficient (Wildman–Crippen LogP) is 13.7. The molecule has 9 aromatic rings. The molecule has 0 radical (unpaired) electrons. The van der Waals surface area contributed by atoms with Crippen molar-refractivity contribution < 1.29 is 4.42 Å². The molecule has 3 aliphatic rings. The van der Waals surface area contributed by atoms with Crippen LogP contribution in [0.3, 0.4) is 0 Å². The fraction of sp³-hybridized carbons (Fsp3) is 0.0962. The highest BCUT2D eigenvalue weighted by atomic mass is 32.1. The van der Waals surface area contributed by atoms with E-state index >= 15 is 0 Å². The van der Waals surface area contributed by atoms with Crippen molar-refractivity contribution in [2.45, 2.75) is 25.2 Å². The van der Waals surface area contributed by atoms with Crippen LogP contribution in [0.4, 0.5) is 0 Å². The fourth-order valence-electron chi connectivity index (χ4n) is 9.47. The maximum atomic E-state index is 6.41. The summed E-state index contributed by atoms with van der Waals surface area (Å²) in [6.45, 7) is 2.35. The van der Waals surface area contributed by atoms with Crippen LogP contribution in [0, 0.1) is 5.41 Å². The van der Waals surface area contributed by atoms with E-state index in [0.29, 0.717) is 11.6 Å². The third-order valence-corrected chi connectivity index (χ3v) is 13.7. The topological polar surface area (TPSA) is 51.8 Å². The minimum absolute atomic E-state index is 0.00523. The Morgan fingerprint density at radius 2 is 1.46 bits per heavy atom. The van der Waals surface area contributed by atoms with E-state index in [4.69, 9.17) is 19.4 Å². The van der Waals surface area contributed by atoms with Crippen LogP contribution < -0.4 is 0 Å². The molecule has 5 heteroatoms. The van der Waals surface area contributed by atoms with Crippen molar-refractivity contribution in [1.82, 2.24) is 15.0 Å². The van der Waals surface area contributed by atoms with Crippen LogP contribution in [0.2, 0.25) is 0 Å². The van der Waals surface area contributed by atoms with Gasteiger partial charge in [0.15, 0.2) is 11.6 Å². The molecule has 0 fully saturated rings. The summed E-state index contributed by atoms with van der Waals surface area (Å²) in [5, 5.41) is 8.40. The second-order valence-corrected chi connectivity index (χ2v) is 16.7. The number of furan rings is 1. The predicted molar refractivity (Wildman–Crippen MR) is 237 cm³/mol. The highest BCUT2D eigenvalue weighted by Gasteiger charge is 2.40. The van der Waals surface area contributed by atoms with E-state index < -0.39 is 0 Å². The zero-order chi connectivity index (χ0) is 37.7. The first-order valence-corrected chi connectivity index (χ1v) is 20.5. The first-order valence-electron chi connectivity index (χ1n) is 19.7. The van der Waals surface area contributed by atoms with Crippen LogP contribution in [-0.4, -0.2) is 15.0 Å². The van der Waals surface area contributed by atoms with Crippen LogP contribution in [0.1, 0.15) is 52.8 Å². The molecule has 3 unspecified atom stereocenters. The fourth-order valence-corrected chi connectivity index (χ4v) is 10.8. The van der Waals surface area contributed by atoms with Gasteiger partial charge >= 0.3 is 0 Å². The first-order chi connectivity index (χ1) is 28.1. The Morgan fingerprint density at radius 1 is 0.684 bits per heavy atom. The molecule has 57 heavy (non-hydrogen) atoms. The number of hydrogen-bond acceptors (Lipinski definition) is 5. The number of para-hydroxylation sites is 1. The minimum Gasteiger partial charge on any atom is -0.456 e. The summed E-state index contributed by atoms with van der Waals surface area (Å²) in [4.78, 5) is 17.5. The third kappa shape index (κ3) is 5.02. The van der Waals surface area contributed by atoms with Gasteiger partial charge < -0.3 is 4.42 Å². The molecule has 0 saturated heterocycles. The normalized spacial score (nSPS) is 20.0. The Morgan fingerprint density at radius 3 is 2.39 bits per heavy atom. The molecule has 3 heterocycles. The molecule has 3 atom stereocenters. The number of hydrogen-bond donors (Lipinski definition) is 0. The summed E-state index contributed by atoms with van der Waals surface area (Å²) in [5.74, 6) is 2.17. The average molecular weight is 750 g/mol. The SMILES string of the molecule is CC12C=CC=CC1=CC(c1nc(-c3ccc4ccc5ccccc5c4c3)nc(C3CC=Cc4c3sc3ccccc43)n1)=CC2c1cccc2oc3ccccc3c12. The second kappa shape index (κ2) is 12.4. The van der Waals surface area contributed by atoms with E-state index in [1.165, 1.54) is 53.2 Å². The lowest BCUT2D eigenvalue weighted by Crippen LogP contribution is -2.28. The van der Waals surface area contributed by atoms with E-state index in [9.17, 15) is 0 Å². The molecule has 0 spiro atoms. The Kier molecular flexibility index (Phi) is 7.08. The van der Waals surface area contributed by atoms with Gasteiger partial charge in [0, 0.05) is 42.8 Å². The van der Waals surface area contributed by atoms with Crippen molar-refractivity contribution in [3.05, 3.63) is 197 Å². The zero-order valence-electron chi connectivity index (χ0n) is 31.2. The molecular weight excluding hydrogens is 715 g/mol. The number of allylic oxidation sites excluding steroid dienone is 9. The van der Waals surface area contributed by atoms with Crippen molar-refractivity contribution in [3.8, 4) is 11.4 Å². The summed E-state index contributed by atoms with van der Waals surface area (Å²) in [6, 6.07) is 43.2. The van der Waals surface area contributed by atoms with Gasteiger partial charge in [-0.2, -0.15) is 0 Å². The van der Waals surface area contributed by atoms with Crippen LogP contribution in [-0.2, 0) is 0 Å². The van der Waals surface area contributed by atoms with E-state index in [1.54, 1.807) is 0 Å². The smallest absolute Gasteiger partial charge is 0.163 e. The lowest BCUT2D eigenvalue weighted by Gasteiger charge is -2.40. The summed E-state index contributed by atoms with van der Waals surface area (Å²) in [7, 11) is 0. The van der Waals surface area contributed by atoms with Gasteiger partial charge in [-0.05, 0) is 80.4 Å². The zero-order valence-corrected chi connectivity index (χ0v) is 32.0. The lowest BCUT2D eigenvalue weighted by molar-refractivity contribution is 0.463.